The Kier molecular flexibility index (Phi) is 3.84. The molecular weight excluding hydrogens is 272 g/mol. The second-order valence-corrected chi connectivity index (χ2v) is 8.12. The van der Waals surface area contributed by atoms with Gasteiger partial charge in [0.2, 0.25) is 0 Å². The largest absolute Gasteiger partial charge is 0.472 e. The zero-order valence-corrected chi connectivity index (χ0v) is 14.0. The van der Waals surface area contributed by atoms with Crippen LogP contribution in [0, 0.1) is 22.7 Å². The van der Waals surface area contributed by atoms with Crippen LogP contribution in [0.5, 0.6) is 0 Å². The first-order valence-electron chi connectivity index (χ1n) is 8.42. The number of fused-ring (bicyclic) bond motifs is 1. The second-order valence-electron chi connectivity index (χ2n) is 8.12. The Morgan fingerprint density at radius 3 is 2.77 bits per heavy atom. The van der Waals surface area contributed by atoms with Crippen LogP contribution in [0.3, 0.4) is 0 Å². The average Bonchev–Trinajstić information content (AvgIpc) is 2.94. The van der Waals surface area contributed by atoms with Gasteiger partial charge in [0.25, 0.3) is 0 Å². The topological polar surface area (TPSA) is 33.4 Å². The van der Waals surface area contributed by atoms with Crippen molar-refractivity contribution < 1.29 is 9.52 Å². The third-order valence-corrected chi connectivity index (χ3v) is 6.30. The van der Waals surface area contributed by atoms with Crippen LogP contribution in [-0.4, -0.2) is 11.2 Å². The maximum absolute atomic E-state index is 10.5. The fourth-order valence-corrected chi connectivity index (χ4v) is 5.05. The molecule has 0 aliphatic heterocycles. The Bertz CT molecular complexity index is 567. The highest BCUT2D eigenvalue weighted by Gasteiger charge is 2.54. The fraction of sp³-hybridized carbons (Fsp3) is 0.600. The molecule has 0 saturated heterocycles. The van der Waals surface area contributed by atoms with E-state index in [1.165, 1.54) is 19.3 Å². The Morgan fingerprint density at radius 1 is 1.32 bits per heavy atom. The SMILES string of the molecule is C=C1[C@@H](O)C[C@H]2C(C)(C)CCC[C@]2(C)[C@H]1/C=C/c1ccoc1. The molecule has 4 atom stereocenters. The van der Waals surface area contributed by atoms with E-state index in [-0.39, 0.29) is 22.9 Å². The van der Waals surface area contributed by atoms with Crippen molar-refractivity contribution in [1.29, 1.82) is 0 Å². The zero-order valence-electron chi connectivity index (χ0n) is 14.0. The Morgan fingerprint density at radius 2 is 2.09 bits per heavy atom. The molecule has 0 amide bonds. The van der Waals surface area contributed by atoms with E-state index in [9.17, 15) is 5.11 Å². The lowest BCUT2D eigenvalue weighted by Gasteiger charge is -2.58. The lowest BCUT2D eigenvalue weighted by molar-refractivity contribution is -0.0697. The molecule has 120 valence electrons. The normalized spacial score (nSPS) is 38.2. The molecule has 1 N–H and O–H groups in total. The van der Waals surface area contributed by atoms with Gasteiger partial charge in [0, 0.05) is 11.5 Å². The summed E-state index contributed by atoms with van der Waals surface area (Å²) in [5.41, 5.74) is 2.54. The van der Waals surface area contributed by atoms with Crippen molar-refractivity contribution in [3.05, 3.63) is 42.4 Å². The lowest BCUT2D eigenvalue weighted by atomic mass is 9.47. The van der Waals surface area contributed by atoms with Gasteiger partial charge < -0.3 is 9.52 Å². The minimum absolute atomic E-state index is 0.193. The highest BCUT2D eigenvalue weighted by Crippen LogP contribution is 2.61. The molecule has 1 heterocycles. The van der Waals surface area contributed by atoms with Crippen molar-refractivity contribution in [2.75, 3.05) is 0 Å². The van der Waals surface area contributed by atoms with Gasteiger partial charge in [-0.05, 0) is 47.6 Å². The van der Waals surface area contributed by atoms with Crippen molar-refractivity contribution in [3.8, 4) is 0 Å². The lowest BCUT2D eigenvalue weighted by Crippen LogP contribution is -2.52. The minimum Gasteiger partial charge on any atom is -0.472 e. The third kappa shape index (κ3) is 2.48. The van der Waals surface area contributed by atoms with Crippen LogP contribution in [0.1, 0.15) is 52.0 Å². The quantitative estimate of drug-likeness (QED) is 0.774. The molecule has 0 radical (unpaired) electrons. The fourth-order valence-electron chi connectivity index (χ4n) is 5.05. The maximum atomic E-state index is 10.5. The van der Waals surface area contributed by atoms with Crippen molar-refractivity contribution in [2.45, 2.75) is 52.6 Å². The maximum Gasteiger partial charge on any atom is 0.0974 e. The Hall–Kier alpha value is -1.28. The number of rotatable bonds is 2. The number of aliphatic hydroxyl groups excluding tert-OH is 1. The van der Waals surface area contributed by atoms with Gasteiger partial charge in [0.05, 0.1) is 18.6 Å². The molecule has 2 aliphatic carbocycles. The van der Waals surface area contributed by atoms with Crippen molar-refractivity contribution >= 4 is 6.08 Å². The van der Waals surface area contributed by atoms with Crippen LogP contribution in [-0.2, 0) is 0 Å². The summed E-state index contributed by atoms with van der Waals surface area (Å²) in [6, 6.07) is 1.96. The van der Waals surface area contributed by atoms with Crippen molar-refractivity contribution in [1.82, 2.24) is 0 Å². The van der Waals surface area contributed by atoms with E-state index in [1.54, 1.807) is 12.5 Å². The highest BCUT2D eigenvalue weighted by atomic mass is 16.3. The first-order chi connectivity index (χ1) is 10.3. The van der Waals surface area contributed by atoms with E-state index in [0.717, 1.165) is 17.6 Å². The van der Waals surface area contributed by atoms with Crippen molar-refractivity contribution in [3.63, 3.8) is 0 Å². The summed E-state index contributed by atoms with van der Waals surface area (Å²) in [4.78, 5) is 0. The summed E-state index contributed by atoms with van der Waals surface area (Å²) in [5.74, 6) is 0.768. The van der Waals surface area contributed by atoms with E-state index in [1.807, 2.05) is 6.07 Å². The van der Waals surface area contributed by atoms with Gasteiger partial charge in [-0.15, -0.1) is 0 Å². The van der Waals surface area contributed by atoms with Crippen molar-refractivity contribution in [2.24, 2.45) is 22.7 Å². The summed E-state index contributed by atoms with van der Waals surface area (Å²) in [6.07, 6.45) is 12.0. The molecule has 2 aliphatic rings. The Balaban J connectivity index is 1.96. The van der Waals surface area contributed by atoms with Crippen LogP contribution in [0.15, 0.2) is 41.2 Å². The summed E-state index contributed by atoms with van der Waals surface area (Å²) in [6.45, 7) is 11.4. The van der Waals surface area contributed by atoms with Crippen LogP contribution < -0.4 is 0 Å². The van der Waals surface area contributed by atoms with Gasteiger partial charge in [-0.2, -0.15) is 0 Å². The molecular formula is C20H28O2. The standard InChI is InChI=1S/C20H28O2/c1-14-16(7-6-15-8-11-22-13-15)20(4)10-5-9-19(2,3)18(20)12-17(14)21/h6-8,11,13,16-18,21H,1,5,9-10,12H2,2-4H3/b7-6+/t16-,17-,18-,20+/m0/s1. The van der Waals surface area contributed by atoms with Gasteiger partial charge in [-0.1, -0.05) is 45.9 Å². The van der Waals surface area contributed by atoms with Gasteiger partial charge in [0.15, 0.2) is 0 Å². The summed E-state index contributed by atoms with van der Waals surface area (Å²) in [5, 5.41) is 10.5. The first-order valence-corrected chi connectivity index (χ1v) is 8.42. The minimum atomic E-state index is -0.380. The van der Waals surface area contributed by atoms with Crippen LogP contribution >= 0.6 is 0 Å². The molecule has 0 bridgehead atoms. The number of aliphatic hydroxyl groups is 1. The van der Waals surface area contributed by atoms with Gasteiger partial charge in [-0.3, -0.25) is 0 Å². The molecule has 2 heteroatoms. The van der Waals surface area contributed by atoms with Crippen LogP contribution in [0.2, 0.25) is 0 Å². The monoisotopic (exact) mass is 300 g/mol. The highest BCUT2D eigenvalue weighted by molar-refractivity contribution is 5.49. The predicted molar refractivity (Wildman–Crippen MR) is 90.2 cm³/mol. The summed E-state index contributed by atoms with van der Waals surface area (Å²) < 4.78 is 5.14. The molecule has 0 aromatic carbocycles. The second kappa shape index (κ2) is 5.42. The van der Waals surface area contributed by atoms with E-state index in [4.69, 9.17) is 4.42 Å². The molecule has 3 rings (SSSR count). The summed E-state index contributed by atoms with van der Waals surface area (Å²) >= 11 is 0. The van der Waals surface area contributed by atoms with E-state index in [2.05, 4.69) is 39.5 Å². The zero-order chi connectivity index (χ0) is 16.0. The van der Waals surface area contributed by atoms with E-state index < -0.39 is 0 Å². The molecule has 22 heavy (non-hydrogen) atoms. The van der Waals surface area contributed by atoms with E-state index in [0.29, 0.717) is 5.92 Å². The molecule has 2 fully saturated rings. The molecule has 0 spiro atoms. The summed E-state index contributed by atoms with van der Waals surface area (Å²) in [7, 11) is 0. The Labute approximate surface area is 133 Å². The third-order valence-electron chi connectivity index (χ3n) is 6.30. The van der Waals surface area contributed by atoms with Gasteiger partial charge >= 0.3 is 0 Å². The number of hydrogen-bond acceptors (Lipinski definition) is 2. The first kappa shape index (κ1) is 15.6. The molecule has 1 aromatic heterocycles. The van der Waals surface area contributed by atoms with Gasteiger partial charge in [-0.25, -0.2) is 0 Å². The van der Waals surface area contributed by atoms with Crippen LogP contribution in [0.4, 0.5) is 0 Å². The smallest absolute Gasteiger partial charge is 0.0974 e. The molecule has 2 saturated carbocycles. The van der Waals surface area contributed by atoms with Crippen LogP contribution in [0.25, 0.3) is 6.08 Å². The van der Waals surface area contributed by atoms with Gasteiger partial charge in [0.1, 0.15) is 0 Å². The average molecular weight is 300 g/mol. The number of furan rings is 1. The number of allylic oxidation sites excluding steroid dienone is 1. The predicted octanol–water partition coefficient (Wildman–Crippen LogP) is 5.06. The van der Waals surface area contributed by atoms with E-state index >= 15 is 0 Å². The molecule has 0 unspecified atom stereocenters. The molecule has 1 aromatic rings. The number of hydrogen-bond donors (Lipinski definition) is 1. The molecule has 2 nitrogen and oxygen atoms in total.